The Morgan fingerprint density at radius 2 is 2.00 bits per heavy atom. The molecule has 0 aliphatic heterocycles. The molecule has 1 aromatic carbocycles. The Labute approximate surface area is 95.6 Å². The minimum absolute atomic E-state index is 0.825. The van der Waals surface area contributed by atoms with Gasteiger partial charge in [-0.05, 0) is 13.0 Å². The van der Waals surface area contributed by atoms with Crippen LogP contribution in [0.3, 0.4) is 0 Å². The SMILES string of the molecule is C=Cc1nc(-c2ccccc2)cn1C(=C)C. The fourth-order valence-electron chi connectivity index (χ4n) is 1.59. The second-order valence-electron chi connectivity index (χ2n) is 3.66. The molecule has 2 aromatic rings. The number of aromatic nitrogens is 2. The van der Waals surface area contributed by atoms with Crippen LogP contribution in [0.15, 0.2) is 49.7 Å². The molecule has 0 aliphatic carbocycles. The molecule has 2 heteroatoms. The van der Waals surface area contributed by atoms with Crippen LogP contribution >= 0.6 is 0 Å². The van der Waals surface area contributed by atoms with Gasteiger partial charge >= 0.3 is 0 Å². The lowest BCUT2D eigenvalue weighted by atomic mass is 10.2. The van der Waals surface area contributed by atoms with Crippen LogP contribution < -0.4 is 0 Å². The molecule has 0 N–H and O–H groups in total. The molecule has 16 heavy (non-hydrogen) atoms. The van der Waals surface area contributed by atoms with E-state index in [9.17, 15) is 0 Å². The van der Waals surface area contributed by atoms with Crippen LogP contribution in [0, 0.1) is 0 Å². The molecule has 0 radical (unpaired) electrons. The molecule has 0 aliphatic rings. The van der Waals surface area contributed by atoms with Crippen LogP contribution in [0.25, 0.3) is 23.0 Å². The van der Waals surface area contributed by atoms with Crippen LogP contribution in [0.1, 0.15) is 12.7 Å². The molecular formula is C14H14N2. The lowest BCUT2D eigenvalue weighted by Crippen LogP contribution is -1.92. The number of hydrogen-bond acceptors (Lipinski definition) is 1. The summed E-state index contributed by atoms with van der Waals surface area (Å²) in [6.45, 7) is 9.62. The first-order valence-corrected chi connectivity index (χ1v) is 5.15. The Hall–Kier alpha value is -2.09. The van der Waals surface area contributed by atoms with Gasteiger partial charge in [0.25, 0.3) is 0 Å². The molecule has 1 aromatic heterocycles. The van der Waals surface area contributed by atoms with Crippen molar-refractivity contribution in [1.82, 2.24) is 9.55 Å². The number of rotatable bonds is 3. The zero-order chi connectivity index (χ0) is 11.5. The van der Waals surface area contributed by atoms with Crippen LogP contribution in [-0.2, 0) is 0 Å². The monoisotopic (exact) mass is 210 g/mol. The molecule has 0 spiro atoms. The number of imidazole rings is 1. The molecule has 2 nitrogen and oxygen atoms in total. The summed E-state index contributed by atoms with van der Waals surface area (Å²) in [5, 5.41) is 0. The highest BCUT2D eigenvalue weighted by atomic mass is 15.1. The Kier molecular flexibility index (Phi) is 2.73. The van der Waals surface area contributed by atoms with Gasteiger partial charge in [-0.25, -0.2) is 4.98 Å². The van der Waals surface area contributed by atoms with E-state index in [0.717, 1.165) is 22.8 Å². The second-order valence-corrected chi connectivity index (χ2v) is 3.66. The van der Waals surface area contributed by atoms with Gasteiger partial charge in [0, 0.05) is 17.5 Å². The number of benzene rings is 1. The van der Waals surface area contributed by atoms with E-state index < -0.39 is 0 Å². The van der Waals surface area contributed by atoms with E-state index >= 15 is 0 Å². The van der Waals surface area contributed by atoms with Gasteiger partial charge in [-0.15, -0.1) is 0 Å². The Balaban J connectivity index is 2.52. The largest absolute Gasteiger partial charge is 0.304 e. The number of nitrogens with zero attached hydrogens (tertiary/aromatic N) is 2. The summed E-state index contributed by atoms with van der Waals surface area (Å²) < 4.78 is 1.94. The standard InChI is InChI=1S/C14H14N2/c1-4-14-15-13(10-16(14)11(2)3)12-8-6-5-7-9-12/h4-10H,1-2H2,3H3. The van der Waals surface area contributed by atoms with Crippen LogP contribution in [0.5, 0.6) is 0 Å². The van der Waals surface area contributed by atoms with E-state index in [4.69, 9.17) is 0 Å². The highest BCUT2D eigenvalue weighted by molar-refractivity contribution is 5.63. The maximum Gasteiger partial charge on any atom is 0.137 e. The van der Waals surface area contributed by atoms with Crippen molar-refractivity contribution in [3.8, 4) is 11.3 Å². The van der Waals surface area contributed by atoms with Crippen molar-refractivity contribution >= 4 is 11.8 Å². The van der Waals surface area contributed by atoms with Gasteiger partial charge in [-0.3, -0.25) is 0 Å². The van der Waals surface area contributed by atoms with Gasteiger partial charge in [0.05, 0.1) is 5.69 Å². The molecular weight excluding hydrogens is 196 g/mol. The highest BCUT2D eigenvalue weighted by Crippen LogP contribution is 2.20. The van der Waals surface area contributed by atoms with Crippen molar-refractivity contribution in [2.75, 3.05) is 0 Å². The average molecular weight is 210 g/mol. The second kappa shape index (κ2) is 4.19. The third-order valence-electron chi connectivity index (χ3n) is 2.40. The van der Waals surface area contributed by atoms with Gasteiger partial charge in [-0.2, -0.15) is 0 Å². The Morgan fingerprint density at radius 3 is 2.50 bits per heavy atom. The van der Waals surface area contributed by atoms with E-state index in [-0.39, 0.29) is 0 Å². The molecule has 0 unspecified atom stereocenters. The molecule has 0 fully saturated rings. The predicted molar refractivity (Wildman–Crippen MR) is 68.8 cm³/mol. The minimum atomic E-state index is 0.825. The summed E-state index contributed by atoms with van der Waals surface area (Å²) >= 11 is 0. The van der Waals surface area contributed by atoms with Crippen molar-refractivity contribution < 1.29 is 0 Å². The van der Waals surface area contributed by atoms with Crippen molar-refractivity contribution in [2.45, 2.75) is 6.92 Å². The van der Waals surface area contributed by atoms with Gasteiger partial charge in [-0.1, -0.05) is 43.5 Å². The van der Waals surface area contributed by atoms with Crippen molar-refractivity contribution in [3.63, 3.8) is 0 Å². The normalized spacial score (nSPS) is 10.1. The summed E-state index contributed by atoms with van der Waals surface area (Å²) in [5.74, 6) is 0.825. The summed E-state index contributed by atoms with van der Waals surface area (Å²) in [6, 6.07) is 10.1. The predicted octanol–water partition coefficient (Wildman–Crippen LogP) is 3.68. The Morgan fingerprint density at radius 1 is 1.31 bits per heavy atom. The van der Waals surface area contributed by atoms with Crippen LogP contribution in [0.2, 0.25) is 0 Å². The zero-order valence-corrected chi connectivity index (χ0v) is 9.35. The summed E-state index contributed by atoms with van der Waals surface area (Å²) in [5.41, 5.74) is 2.98. The first-order valence-electron chi connectivity index (χ1n) is 5.15. The van der Waals surface area contributed by atoms with Crippen LogP contribution in [-0.4, -0.2) is 9.55 Å². The van der Waals surface area contributed by atoms with E-state index in [1.54, 1.807) is 6.08 Å². The molecule has 0 amide bonds. The van der Waals surface area contributed by atoms with E-state index in [0.29, 0.717) is 0 Å². The van der Waals surface area contributed by atoms with Gasteiger partial charge in [0.2, 0.25) is 0 Å². The first-order chi connectivity index (χ1) is 7.72. The smallest absolute Gasteiger partial charge is 0.137 e. The fourth-order valence-corrected chi connectivity index (χ4v) is 1.59. The molecule has 2 rings (SSSR count). The van der Waals surface area contributed by atoms with E-state index in [1.165, 1.54) is 0 Å². The van der Waals surface area contributed by atoms with Crippen molar-refractivity contribution in [1.29, 1.82) is 0 Å². The van der Waals surface area contributed by atoms with Crippen LogP contribution in [0.4, 0.5) is 0 Å². The third-order valence-corrected chi connectivity index (χ3v) is 2.40. The summed E-state index contributed by atoms with van der Waals surface area (Å²) in [6.07, 6.45) is 3.72. The number of hydrogen-bond donors (Lipinski definition) is 0. The molecule has 0 saturated heterocycles. The zero-order valence-electron chi connectivity index (χ0n) is 9.35. The highest BCUT2D eigenvalue weighted by Gasteiger charge is 2.06. The lowest BCUT2D eigenvalue weighted by Gasteiger charge is -2.00. The molecule has 80 valence electrons. The van der Waals surface area contributed by atoms with Gasteiger partial charge in [0.1, 0.15) is 5.82 Å². The van der Waals surface area contributed by atoms with Gasteiger partial charge < -0.3 is 4.57 Å². The van der Waals surface area contributed by atoms with E-state index in [2.05, 4.69) is 18.1 Å². The van der Waals surface area contributed by atoms with Crippen molar-refractivity contribution in [3.05, 3.63) is 55.5 Å². The summed E-state index contributed by atoms with van der Waals surface area (Å²) in [7, 11) is 0. The topological polar surface area (TPSA) is 17.8 Å². The lowest BCUT2D eigenvalue weighted by molar-refractivity contribution is 1.06. The molecule has 0 atom stereocenters. The average Bonchev–Trinajstić information content (AvgIpc) is 2.74. The van der Waals surface area contributed by atoms with Gasteiger partial charge in [0.15, 0.2) is 0 Å². The molecule has 0 bridgehead atoms. The first kappa shape index (κ1) is 10.4. The number of allylic oxidation sites excluding steroid dienone is 1. The van der Waals surface area contributed by atoms with Crippen molar-refractivity contribution in [2.24, 2.45) is 0 Å². The quantitative estimate of drug-likeness (QED) is 0.755. The third kappa shape index (κ3) is 1.82. The minimum Gasteiger partial charge on any atom is -0.304 e. The maximum absolute atomic E-state index is 4.50. The Bertz CT molecular complexity index is 521. The fraction of sp³-hybridized carbons (Fsp3) is 0.0714. The molecule has 1 heterocycles. The maximum atomic E-state index is 4.50. The summed E-state index contributed by atoms with van der Waals surface area (Å²) in [4.78, 5) is 4.50. The molecule has 0 saturated carbocycles. The van der Waals surface area contributed by atoms with E-state index in [1.807, 2.05) is 48.0 Å².